The fourth-order valence-corrected chi connectivity index (χ4v) is 3.68. The maximum absolute atomic E-state index is 11.1. The van der Waals surface area contributed by atoms with Gasteiger partial charge in [0.1, 0.15) is 4.88 Å². The van der Waals surface area contributed by atoms with Crippen molar-refractivity contribution in [2.24, 2.45) is 0 Å². The molecule has 0 saturated carbocycles. The van der Waals surface area contributed by atoms with Crippen LogP contribution in [0.25, 0.3) is 11.0 Å². The summed E-state index contributed by atoms with van der Waals surface area (Å²) >= 11 is 2.77. The quantitative estimate of drug-likeness (QED) is 0.717. The Morgan fingerprint density at radius 3 is 3.10 bits per heavy atom. The van der Waals surface area contributed by atoms with Gasteiger partial charge < -0.3 is 10.1 Å². The Morgan fingerprint density at radius 2 is 2.30 bits per heavy atom. The smallest absolute Gasteiger partial charge is 0.346 e. The van der Waals surface area contributed by atoms with Crippen molar-refractivity contribution >= 4 is 40.1 Å². The van der Waals surface area contributed by atoms with Crippen LogP contribution in [-0.4, -0.2) is 21.0 Å². The van der Waals surface area contributed by atoms with Crippen molar-refractivity contribution in [3.8, 4) is 0 Å². The van der Waals surface area contributed by atoms with Gasteiger partial charge in [0.05, 0.1) is 11.0 Å². The number of rotatable bonds is 4. The van der Waals surface area contributed by atoms with E-state index in [1.165, 1.54) is 28.7 Å². The van der Waals surface area contributed by atoms with Crippen LogP contribution >= 0.6 is 23.1 Å². The Balaban J connectivity index is 1.79. The fourth-order valence-electron chi connectivity index (χ4n) is 1.95. The number of carbonyl (C=O) groups is 1. The van der Waals surface area contributed by atoms with Gasteiger partial charge in [-0.3, -0.25) is 0 Å². The predicted molar refractivity (Wildman–Crippen MR) is 81.7 cm³/mol. The van der Waals surface area contributed by atoms with Gasteiger partial charge >= 0.3 is 5.97 Å². The third-order valence-corrected chi connectivity index (χ3v) is 4.79. The second-order valence-electron chi connectivity index (χ2n) is 4.43. The summed E-state index contributed by atoms with van der Waals surface area (Å²) in [5, 5.41) is 11.7. The molecule has 0 spiro atoms. The lowest BCUT2D eigenvalue weighted by atomic mass is 10.2. The van der Waals surface area contributed by atoms with Gasteiger partial charge in [0.25, 0.3) is 0 Å². The van der Waals surface area contributed by atoms with Crippen LogP contribution in [0.4, 0.5) is 0 Å². The molecule has 1 aromatic carbocycles. The van der Waals surface area contributed by atoms with Gasteiger partial charge in [0.2, 0.25) is 0 Å². The van der Waals surface area contributed by atoms with E-state index in [4.69, 9.17) is 5.11 Å². The first-order valence-corrected chi connectivity index (χ1v) is 7.89. The van der Waals surface area contributed by atoms with Crippen LogP contribution in [-0.2, 0) is 5.75 Å². The van der Waals surface area contributed by atoms with Crippen molar-refractivity contribution in [2.75, 3.05) is 0 Å². The molecule has 0 aliphatic carbocycles. The molecule has 20 heavy (non-hydrogen) atoms. The summed E-state index contributed by atoms with van der Waals surface area (Å²) in [7, 11) is 0. The summed E-state index contributed by atoms with van der Waals surface area (Å²) in [5.74, 6) is -0.264. The first-order valence-electron chi connectivity index (χ1n) is 6.02. The number of aryl methyl sites for hydroxylation is 1. The summed E-state index contributed by atoms with van der Waals surface area (Å²) in [6.07, 6.45) is 0. The highest BCUT2D eigenvalue weighted by Gasteiger charge is 2.12. The molecule has 2 aromatic heterocycles. The van der Waals surface area contributed by atoms with E-state index in [0.717, 1.165) is 21.8 Å². The molecule has 2 N–H and O–H groups in total. The lowest BCUT2D eigenvalue weighted by molar-refractivity contribution is 0.0701. The van der Waals surface area contributed by atoms with Gasteiger partial charge in [-0.15, -0.1) is 11.3 Å². The van der Waals surface area contributed by atoms with Gasteiger partial charge in [-0.05, 0) is 41.6 Å². The number of H-pyrrole nitrogens is 1. The number of thiophene rings is 1. The van der Waals surface area contributed by atoms with Crippen molar-refractivity contribution in [1.29, 1.82) is 0 Å². The zero-order valence-corrected chi connectivity index (χ0v) is 12.3. The SMILES string of the molecule is Cc1ccc2nc(SCc3ccsc3C(=O)O)[nH]c2c1. The Hall–Kier alpha value is -1.79. The first kappa shape index (κ1) is 13.2. The van der Waals surface area contributed by atoms with Gasteiger partial charge in [0.15, 0.2) is 5.16 Å². The number of aromatic carboxylic acids is 1. The van der Waals surface area contributed by atoms with Crippen LogP contribution in [0, 0.1) is 6.92 Å². The predicted octanol–water partition coefficient (Wildman–Crippen LogP) is 3.92. The molecule has 0 radical (unpaired) electrons. The molecule has 0 aliphatic heterocycles. The molecule has 0 unspecified atom stereocenters. The Morgan fingerprint density at radius 1 is 1.45 bits per heavy atom. The highest BCUT2D eigenvalue weighted by atomic mass is 32.2. The lowest BCUT2D eigenvalue weighted by Gasteiger charge is -1.97. The van der Waals surface area contributed by atoms with Crippen LogP contribution < -0.4 is 0 Å². The van der Waals surface area contributed by atoms with E-state index in [1.807, 2.05) is 25.1 Å². The minimum absolute atomic E-state index is 0.407. The zero-order valence-electron chi connectivity index (χ0n) is 10.7. The molecule has 0 fully saturated rings. The molecule has 0 aliphatic rings. The normalized spacial score (nSPS) is 11.1. The number of thioether (sulfide) groups is 1. The van der Waals surface area contributed by atoms with Crippen LogP contribution in [0.1, 0.15) is 20.8 Å². The number of hydrogen-bond acceptors (Lipinski definition) is 4. The Bertz CT molecular complexity index is 776. The van der Waals surface area contributed by atoms with E-state index in [2.05, 4.69) is 16.0 Å². The monoisotopic (exact) mass is 304 g/mol. The number of aromatic nitrogens is 2. The number of carboxylic acids is 1. The van der Waals surface area contributed by atoms with Crippen LogP contribution in [0.5, 0.6) is 0 Å². The second kappa shape index (κ2) is 5.30. The first-order chi connectivity index (χ1) is 9.63. The average molecular weight is 304 g/mol. The molecule has 0 atom stereocenters. The van der Waals surface area contributed by atoms with Crippen molar-refractivity contribution < 1.29 is 9.90 Å². The molecule has 0 bridgehead atoms. The third-order valence-electron chi connectivity index (χ3n) is 2.92. The topological polar surface area (TPSA) is 66.0 Å². The highest BCUT2D eigenvalue weighted by Crippen LogP contribution is 2.27. The minimum atomic E-state index is -0.865. The molecule has 3 aromatic rings. The summed E-state index contributed by atoms with van der Waals surface area (Å²) in [6, 6.07) is 7.92. The molecular formula is C14H12N2O2S2. The number of aromatic amines is 1. The van der Waals surface area contributed by atoms with Crippen LogP contribution in [0.15, 0.2) is 34.8 Å². The van der Waals surface area contributed by atoms with Crippen molar-refractivity contribution in [1.82, 2.24) is 9.97 Å². The molecule has 6 heteroatoms. The average Bonchev–Trinajstić information content (AvgIpc) is 3.01. The van der Waals surface area contributed by atoms with E-state index < -0.39 is 5.97 Å². The third kappa shape index (κ3) is 2.57. The fraction of sp³-hybridized carbons (Fsp3) is 0.143. The number of imidazole rings is 1. The number of carboxylic acid groups (broad SMARTS) is 1. The largest absolute Gasteiger partial charge is 0.477 e. The van der Waals surface area contributed by atoms with Crippen molar-refractivity contribution in [3.05, 3.63) is 45.6 Å². The molecule has 0 amide bonds. The van der Waals surface area contributed by atoms with Crippen LogP contribution in [0.3, 0.4) is 0 Å². The molecule has 102 valence electrons. The number of nitrogens with one attached hydrogen (secondary N) is 1. The van der Waals surface area contributed by atoms with E-state index in [9.17, 15) is 4.79 Å². The Kier molecular flexibility index (Phi) is 3.50. The van der Waals surface area contributed by atoms with E-state index in [-0.39, 0.29) is 0 Å². The molecule has 4 nitrogen and oxygen atoms in total. The van der Waals surface area contributed by atoms with Gasteiger partial charge in [0, 0.05) is 5.75 Å². The molecular weight excluding hydrogens is 292 g/mol. The van der Waals surface area contributed by atoms with Crippen molar-refractivity contribution in [2.45, 2.75) is 17.8 Å². The molecule has 2 heterocycles. The number of fused-ring (bicyclic) bond motifs is 1. The summed E-state index contributed by atoms with van der Waals surface area (Å²) in [6.45, 7) is 2.04. The standard InChI is InChI=1S/C14H12N2O2S2/c1-8-2-3-10-11(6-8)16-14(15-10)20-7-9-4-5-19-12(9)13(17)18/h2-6H,7H2,1H3,(H,15,16)(H,17,18). The van der Waals surface area contributed by atoms with E-state index in [0.29, 0.717) is 10.6 Å². The summed E-state index contributed by atoms with van der Waals surface area (Å²) < 4.78 is 0. The van der Waals surface area contributed by atoms with Gasteiger partial charge in [-0.2, -0.15) is 0 Å². The number of nitrogens with zero attached hydrogens (tertiary/aromatic N) is 1. The Labute approximate surface area is 123 Å². The van der Waals surface area contributed by atoms with E-state index >= 15 is 0 Å². The number of hydrogen-bond donors (Lipinski definition) is 2. The maximum atomic E-state index is 11.1. The van der Waals surface area contributed by atoms with Gasteiger partial charge in [-0.1, -0.05) is 17.8 Å². The summed E-state index contributed by atoms with van der Waals surface area (Å²) in [5.41, 5.74) is 3.96. The summed E-state index contributed by atoms with van der Waals surface area (Å²) in [4.78, 5) is 19.2. The van der Waals surface area contributed by atoms with E-state index in [1.54, 1.807) is 5.38 Å². The minimum Gasteiger partial charge on any atom is -0.477 e. The van der Waals surface area contributed by atoms with Gasteiger partial charge in [-0.25, -0.2) is 9.78 Å². The zero-order chi connectivity index (χ0) is 14.1. The molecule has 3 rings (SSSR count). The highest BCUT2D eigenvalue weighted by molar-refractivity contribution is 7.98. The molecule has 0 saturated heterocycles. The maximum Gasteiger partial charge on any atom is 0.346 e. The lowest BCUT2D eigenvalue weighted by Crippen LogP contribution is -1.96. The second-order valence-corrected chi connectivity index (χ2v) is 6.31. The van der Waals surface area contributed by atoms with Crippen LogP contribution in [0.2, 0.25) is 0 Å². The van der Waals surface area contributed by atoms with Crippen molar-refractivity contribution in [3.63, 3.8) is 0 Å². The number of benzene rings is 1.